The van der Waals surface area contributed by atoms with E-state index >= 15 is 0 Å². The quantitative estimate of drug-likeness (QED) is 0.197. The number of aromatic nitrogens is 3. The van der Waals surface area contributed by atoms with Gasteiger partial charge in [0.15, 0.2) is 0 Å². The fourth-order valence-corrected chi connectivity index (χ4v) is 4.29. The summed E-state index contributed by atoms with van der Waals surface area (Å²) in [7, 11) is 0. The molecule has 0 fully saturated rings. The molecular formula is C30H20IrN3-. The summed E-state index contributed by atoms with van der Waals surface area (Å²) in [6, 6.07) is 44.7. The van der Waals surface area contributed by atoms with Gasteiger partial charge >= 0.3 is 0 Å². The molecule has 3 nitrogen and oxygen atoms in total. The summed E-state index contributed by atoms with van der Waals surface area (Å²) in [4.78, 5) is 4.79. The normalized spacial score (nSPS) is 10.7. The number of rotatable bonds is 4. The SMILES string of the molecule is [Ir].[c-]1ccccc1-c1nc2cccc(-c3c(-c4ccccc4)cccc3-c3ccccc3)n2n1. The van der Waals surface area contributed by atoms with E-state index in [1.54, 1.807) is 0 Å². The number of benzene rings is 4. The van der Waals surface area contributed by atoms with E-state index in [0.29, 0.717) is 5.82 Å². The largest absolute Gasteiger partial charge is 0.258 e. The van der Waals surface area contributed by atoms with Crippen LogP contribution in [-0.4, -0.2) is 14.6 Å². The van der Waals surface area contributed by atoms with Crippen molar-refractivity contribution in [2.24, 2.45) is 0 Å². The first-order chi connectivity index (χ1) is 16.4. The van der Waals surface area contributed by atoms with E-state index in [1.165, 1.54) is 11.1 Å². The number of fused-ring (bicyclic) bond motifs is 1. The molecule has 1 radical (unpaired) electrons. The standard InChI is InChI=1S/C30H20N3.Ir/c1-4-12-22(13-5-1)25-18-10-19-26(23-14-6-2-7-15-23)29(25)27-20-11-21-28-31-30(32-33(27)28)24-16-8-3-9-17-24;/h1-16,18-21H;/q-1;. The Bertz CT molecular complexity index is 1480. The molecule has 2 heterocycles. The van der Waals surface area contributed by atoms with E-state index in [2.05, 4.69) is 78.9 Å². The minimum absolute atomic E-state index is 0. The zero-order chi connectivity index (χ0) is 22.0. The number of hydrogen-bond donors (Lipinski definition) is 0. The van der Waals surface area contributed by atoms with Gasteiger partial charge in [-0.1, -0.05) is 84.9 Å². The van der Waals surface area contributed by atoms with Gasteiger partial charge in [0.2, 0.25) is 0 Å². The Morgan fingerprint density at radius 2 is 1.21 bits per heavy atom. The summed E-state index contributed by atoms with van der Waals surface area (Å²) >= 11 is 0. The van der Waals surface area contributed by atoms with Gasteiger partial charge in [-0.05, 0) is 34.4 Å². The summed E-state index contributed by atoms with van der Waals surface area (Å²) in [6.07, 6.45) is 0. The molecule has 0 unspecified atom stereocenters. The van der Waals surface area contributed by atoms with Crippen LogP contribution in [0.2, 0.25) is 0 Å². The molecule has 0 amide bonds. The van der Waals surface area contributed by atoms with Gasteiger partial charge in [-0.2, -0.15) is 5.10 Å². The van der Waals surface area contributed by atoms with Crippen molar-refractivity contribution < 1.29 is 20.1 Å². The Kier molecular flexibility index (Phi) is 6.18. The summed E-state index contributed by atoms with van der Waals surface area (Å²) in [5.74, 6) is 0.668. The molecule has 0 saturated carbocycles. The molecule has 0 saturated heterocycles. The van der Waals surface area contributed by atoms with Crippen molar-refractivity contribution in [3.8, 4) is 44.9 Å². The Hall–Kier alpha value is -3.85. The minimum atomic E-state index is 0. The maximum atomic E-state index is 4.90. The van der Waals surface area contributed by atoms with Crippen molar-refractivity contribution in [1.29, 1.82) is 0 Å². The minimum Gasteiger partial charge on any atom is -0.258 e. The topological polar surface area (TPSA) is 30.2 Å². The molecule has 4 heteroatoms. The molecule has 0 bridgehead atoms. The van der Waals surface area contributed by atoms with Gasteiger partial charge < -0.3 is 0 Å². The predicted molar refractivity (Wildman–Crippen MR) is 134 cm³/mol. The van der Waals surface area contributed by atoms with Crippen molar-refractivity contribution in [2.45, 2.75) is 0 Å². The molecule has 6 aromatic rings. The molecule has 2 aromatic heterocycles. The Morgan fingerprint density at radius 3 is 1.82 bits per heavy atom. The molecule has 34 heavy (non-hydrogen) atoms. The van der Waals surface area contributed by atoms with Crippen LogP contribution in [0.5, 0.6) is 0 Å². The van der Waals surface area contributed by atoms with E-state index in [0.717, 1.165) is 33.6 Å². The van der Waals surface area contributed by atoms with E-state index in [1.807, 2.05) is 53.0 Å². The summed E-state index contributed by atoms with van der Waals surface area (Å²) < 4.78 is 1.95. The average Bonchev–Trinajstić information content (AvgIpc) is 3.35. The number of nitrogens with zero attached hydrogens (tertiary/aromatic N) is 3. The Morgan fingerprint density at radius 1 is 0.588 bits per heavy atom. The molecule has 0 aliphatic rings. The number of hydrogen-bond acceptors (Lipinski definition) is 2. The molecule has 0 aliphatic heterocycles. The van der Waals surface area contributed by atoms with Crippen LogP contribution in [0.1, 0.15) is 0 Å². The second kappa shape index (κ2) is 9.56. The summed E-state index contributed by atoms with van der Waals surface area (Å²) in [5.41, 5.74) is 8.47. The van der Waals surface area contributed by atoms with Gasteiger partial charge in [0, 0.05) is 25.7 Å². The van der Waals surface area contributed by atoms with Crippen molar-refractivity contribution >= 4 is 5.65 Å². The van der Waals surface area contributed by atoms with Crippen LogP contribution in [0.4, 0.5) is 0 Å². The monoisotopic (exact) mass is 615 g/mol. The second-order valence-corrected chi connectivity index (χ2v) is 7.85. The first kappa shape index (κ1) is 22.0. The van der Waals surface area contributed by atoms with Gasteiger partial charge in [0.25, 0.3) is 0 Å². The molecular weight excluding hydrogens is 595 g/mol. The van der Waals surface area contributed by atoms with E-state index in [4.69, 9.17) is 10.1 Å². The Labute approximate surface area is 212 Å². The third-order valence-corrected chi connectivity index (χ3v) is 5.80. The first-order valence-corrected chi connectivity index (χ1v) is 11.0. The fourth-order valence-electron chi connectivity index (χ4n) is 4.29. The fraction of sp³-hybridized carbons (Fsp3) is 0. The number of pyridine rings is 1. The maximum absolute atomic E-state index is 4.90. The van der Waals surface area contributed by atoms with Crippen LogP contribution in [0.25, 0.3) is 50.5 Å². The van der Waals surface area contributed by atoms with E-state index in [-0.39, 0.29) is 20.1 Å². The predicted octanol–water partition coefficient (Wildman–Crippen LogP) is 7.19. The molecule has 0 atom stereocenters. The molecule has 0 spiro atoms. The van der Waals surface area contributed by atoms with Crippen LogP contribution in [-0.2, 0) is 20.1 Å². The Balaban J connectivity index is 0.00000241. The average molecular weight is 615 g/mol. The smallest absolute Gasteiger partial charge is 0.145 e. The molecule has 0 aliphatic carbocycles. The van der Waals surface area contributed by atoms with Crippen LogP contribution >= 0.6 is 0 Å². The van der Waals surface area contributed by atoms with Gasteiger partial charge in [0.1, 0.15) is 5.65 Å². The molecule has 4 aromatic carbocycles. The van der Waals surface area contributed by atoms with E-state index < -0.39 is 0 Å². The van der Waals surface area contributed by atoms with Crippen molar-refractivity contribution in [2.75, 3.05) is 0 Å². The van der Waals surface area contributed by atoms with Crippen molar-refractivity contribution in [1.82, 2.24) is 14.6 Å². The van der Waals surface area contributed by atoms with Gasteiger partial charge in [0.05, 0.1) is 11.5 Å². The van der Waals surface area contributed by atoms with Gasteiger partial charge in [-0.15, -0.1) is 35.9 Å². The zero-order valence-corrected chi connectivity index (χ0v) is 20.6. The molecule has 165 valence electrons. The van der Waals surface area contributed by atoms with Crippen molar-refractivity contribution in [3.05, 3.63) is 127 Å². The first-order valence-electron chi connectivity index (χ1n) is 11.0. The van der Waals surface area contributed by atoms with Crippen LogP contribution in [0.3, 0.4) is 0 Å². The molecule has 0 N–H and O–H groups in total. The summed E-state index contributed by atoms with van der Waals surface area (Å²) in [5, 5.41) is 4.90. The van der Waals surface area contributed by atoms with Crippen molar-refractivity contribution in [3.63, 3.8) is 0 Å². The molecule has 6 rings (SSSR count). The van der Waals surface area contributed by atoms with E-state index in [9.17, 15) is 0 Å². The second-order valence-electron chi connectivity index (χ2n) is 7.85. The third-order valence-electron chi connectivity index (χ3n) is 5.80. The van der Waals surface area contributed by atoms with Crippen LogP contribution in [0, 0.1) is 6.07 Å². The maximum Gasteiger partial charge on any atom is 0.145 e. The van der Waals surface area contributed by atoms with Crippen LogP contribution in [0.15, 0.2) is 121 Å². The third kappa shape index (κ3) is 3.99. The summed E-state index contributed by atoms with van der Waals surface area (Å²) in [6.45, 7) is 0. The van der Waals surface area contributed by atoms with Gasteiger partial charge in [-0.25, -0.2) is 4.52 Å². The van der Waals surface area contributed by atoms with Gasteiger partial charge in [-0.3, -0.25) is 4.98 Å². The zero-order valence-electron chi connectivity index (χ0n) is 18.2. The van der Waals surface area contributed by atoms with Crippen LogP contribution < -0.4 is 0 Å².